The van der Waals surface area contributed by atoms with Gasteiger partial charge < -0.3 is 14.7 Å². The zero-order valence-corrected chi connectivity index (χ0v) is 17.0. The fourth-order valence-corrected chi connectivity index (χ4v) is 4.87. The molecule has 1 N–H and O–H groups in total. The number of thiazole rings is 1. The first-order chi connectivity index (χ1) is 14.0. The van der Waals surface area contributed by atoms with Crippen LogP contribution >= 0.6 is 11.3 Å². The molecule has 0 saturated carbocycles. The van der Waals surface area contributed by atoms with Crippen molar-refractivity contribution >= 4 is 17.4 Å². The molecule has 0 unspecified atom stereocenters. The lowest BCUT2D eigenvalue weighted by molar-refractivity contribution is 0.105. The number of hydrogen-bond donors (Lipinski definition) is 1. The predicted molar refractivity (Wildman–Crippen MR) is 108 cm³/mol. The third-order valence-corrected chi connectivity index (χ3v) is 6.53. The molecule has 5 rings (SSSR count). The minimum Gasteiger partial charge on any atom is -0.493 e. The SMILES string of the molecule is CC(C)n1ncnc1-c1nc2c(s1)CCOc1ccc(C3CN(C(=O)O)C3)cc1-2. The number of aromatic nitrogens is 4. The minimum atomic E-state index is -0.861. The largest absolute Gasteiger partial charge is 0.493 e. The van der Waals surface area contributed by atoms with Gasteiger partial charge in [-0.05, 0) is 31.5 Å². The summed E-state index contributed by atoms with van der Waals surface area (Å²) < 4.78 is 7.85. The molecular weight excluding hydrogens is 390 g/mol. The van der Waals surface area contributed by atoms with E-state index < -0.39 is 6.09 Å². The molecule has 8 nitrogen and oxygen atoms in total. The van der Waals surface area contributed by atoms with Crippen molar-refractivity contribution in [1.82, 2.24) is 24.6 Å². The summed E-state index contributed by atoms with van der Waals surface area (Å²) in [5, 5.41) is 14.3. The summed E-state index contributed by atoms with van der Waals surface area (Å²) in [7, 11) is 0. The highest BCUT2D eigenvalue weighted by atomic mass is 32.1. The summed E-state index contributed by atoms with van der Waals surface area (Å²) in [6.07, 6.45) is 1.50. The lowest BCUT2D eigenvalue weighted by atomic mass is 9.90. The summed E-state index contributed by atoms with van der Waals surface area (Å²) in [6.45, 7) is 5.81. The molecule has 0 atom stereocenters. The van der Waals surface area contributed by atoms with Gasteiger partial charge in [-0.25, -0.2) is 19.4 Å². The maximum atomic E-state index is 11.1. The first kappa shape index (κ1) is 18.1. The molecule has 2 aliphatic heterocycles. The van der Waals surface area contributed by atoms with Crippen molar-refractivity contribution in [3.63, 3.8) is 0 Å². The molecular formula is C20H21N5O3S. The van der Waals surface area contributed by atoms with Crippen LogP contribution in [0.3, 0.4) is 0 Å². The van der Waals surface area contributed by atoms with Crippen LogP contribution in [0.2, 0.25) is 0 Å². The van der Waals surface area contributed by atoms with E-state index in [4.69, 9.17) is 14.8 Å². The molecule has 3 aromatic rings. The number of benzene rings is 1. The van der Waals surface area contributed by atoms with Crippen molar-refractivity contribution in [2.75, 3.05) is 19.7 Å². The molecule has 1 amide bonds. The number of hydrogen-bond acceptors (Lipinski definition) is 6. The number of ether oxygens (including phenoxy) is 1. The van der Waals surface area contributed by atoms with Crippen molar-refractivity contribution < 1.29 is 14.6 Å². The highest BCUT2D eigenvalue weighted by molar-refractivity contribution is 7.15. The zero-order chi connectivity index (χ0) is 20.1. The summed E-state index contributed by atoms with van der Waals surface area (Å²) in [6, 6.07) is 6.34. The Balaban J connectivity index is 1.53. The van der Waals surface area contributed by atoms with E-state index in [0.29, 0.717) is 19.7 Å². The van der Waals surface area contributed by atoms with Crippen LogP contribution in [0.1, 0.15) is 36.2 Å². The van der Waals surface area contributed by atoms with E-state index in [0.717, 1.165) is 39.8 Å². The molecule has 1 saturated heterocycles. The number of likely N-dealkylation sites (tertiary alicyclic amines) is 1. The molecule has 2 aromatic heterocycles. The van der Waals surface area contributed by atoms with Crippen LogP contribution in [0, 0.1) is 0 Å². The fourth-order valence-electron chi connectivity index (χ4n) is 3.82. The van der Waals surface area contributed by atoms with Crippen LogP contribution in [-0.4, -0.2) is 55.5 Å². The number of carboxylic acid groups (broad SMARTS) is 1. The Hall–Kier alpha value is -2.94. The van der Waals surface area contributed by atoms with E-state index in [1.807, 2.05) is 16.8 Å². The second-order valence-corrected chi connectivity index (χ2v) is 8.73. The number of nitrogens with zero attached hydrogens (tertiary/aromatic N) is 5. The highest BCUT2D eigenvalue weighted by Crippen LogP contribution is 2.42. The smallest absolute Gasteiger partial charge is 0.407 e. The lowest BCUT2D eigenvalue weighted by Crippen LogP contribution is -2.47. The topological polar surface area (TPSA) is 93.4 Å². The molecule has 29 heavy (non-hydrogen) atoms. The van der Waals surface area contributed by atoms with E-state index in [1.165, 1.54) is 9.78 Å². The molecule has 0 bridgehead atoms. The first-order valence-electron chi connectivity index (χ1n) is 9.66. The second-order valence-electron chi connectivity index (χ2n) is 7.65. The van der Waals surface area contributed by atoms with Gasteiger partial charge in [0.1, 0.15) is 12.1 Å². The normalized spacial score (nSPS) is 16.0. The van der Waals surface area contributed by atoms with Crippen molar-refractivity contribution in [3.05, 3.63) is 35.0 Å². The Morgan fingerprint density at radius 3 is 2.93 bits per heavy atom. The van der Waals surface area contributed by atoms with Crippen LogP contribution < -0.4 is 4.74 Å². The fraction of sp³-hybridized carbons (Fsp3) is 0.400. The summed E-state index contributed by atoms with van der Waals surface area (Å²) in [4.78, 5) is 23.0. The molecule has 0 aliphatic carbocycles. The van der Waals surface area contributed by atoms with Gasteiger partial charge >= 0.3 is 6.09 Å². The predicted octanol–water partition coefficient (Wildman–Crippen LogP) is 3.66. The lowest BCUT2D eigenvalue weighted by Gasteiger charge is -2.37. The van der Waals surface area contributed by atoms with Crippen LogP contribution in [0.4, 0.5) is 4.79 Å². The molecule has 2 aliphatic rings. The summed E-state index contributed by atoms with van der Waals surface area (Å²) in [5.41, 5.74) is 3.03. The van der Waals surface area contributed by atoms with E-state index in [1.54, 1.807) is 17.7 Å². The van der Waals surface area contributed by atoms with Crippen LogP contribution in [0.5, 0.6) is 5.75 Å². The Kier molecular flexibility index (Phi) is 4.27. The summed E-state index contributed by atoms with van der Waals surface area (Å²) >= 11 is 1.64. The molecule has 0 radical (unpaired) electrons. The highest BCUT2D eigenvalue weighted by Gasteiger charge is 2.32. The van der Waals surface area contributed by atoms with Gasteiger partial charge in [0, 0.05) is 41.9 Å². The van der Waals surface area contributed by atoms with Gasteiger partial charge in [0.25, 0.3) is 0 Å². The average molecular weight is 411 g/mol. The van der Waals surface area contributed by atoms with E-state index in [2.05, 4.69) is 30.0 Å². The minimum absolute atomic E-state index is 0.203. The molecule has 0 spiro atoms. The Bertz CT molecular complexity index is 1080. The van der Waals surface area contributed by atoms with Crippen LogP contribution in [0.25, 0.3) is 22.1 Å². The summed E-state index contributed by atoms with van der Waals surface area (Å²) in [5.74, 6) is 1.82. The quantitative estimate of drug-likeness (QED) is 0.707. The standard InChI is InChI=1S/C20H21N5O3S/c1-11(2)25-18(21-10-22-25)19-23-17-14-7-12(13-8-24(9-13)20(26)27)3-4-15(14)28-6-5-16(17)29-19/h3-4,7,10-11,13H,5-6,8-9H2,1-2H3,(H,26,27). The number of fused-ring (bicyclic) bond motifs is 3. The van der Waals surface area contributed by atoms with Crippen molar-refractivity contribution in [1.29, 1.82) is 0 Å². The van der Waals surface area contributed by atoms with Gasteiger partial charge in [-0.2, -0.15) is 5.10 Å². The maximum Gasteiger partial charge on any atom is 0.407 e. The van der Waals surface area contributed by atoms with Gasteiger partial charge in [-0.3, -0.25) is 0 Å². The molecule has 1 aromatic carbocycles. The monoisotopic (exact) mass is 411 g/mol. The molecule has 9 heteroatoms. The van der Waals surface area contributed by atoms with Gasteiger partial charge in [0.05, 0.1) is 12.3 Å². The zero-order valence-electron chi connectivity index (χ0n) is 16.2. The van der Waals surface area contributed by atoms with E-state index in [-0.39, 0.29) is 12.0 Å². The Morgan fingerprint density at radius 1 is 1.34 bits per heavy atom. The maximum absolute atomic E-state index is 11.1. The molecule has 1 fully saturated rings. The van der Waals surface area contributed by atoms with Gasteiger partial charge in [0.2, 0.25) is 0 Å². The van der Waals surface area contributed by atoms with Crippen molar-refractivity contribution in [2.24, 2.45) is 0 Å². The van der Waals surface area contributed by atoms with Crippen LogP contribution in [0.15, 0.2) is 24.5 Å². The van der Waals surface area contributed by atoms with Crippen molar-refractivity contribution in [3.8, 4) is 27.8 Å². The third kappa shape index (κ3) is 3.05. The number of amides is 1. The third-order valence-electron chi connectivity index (χ3n) is 5.42. The van der Waals surface area contributed by atoms with Crippen molar-refractivity contribution in [2.45, 2.75) is 32.2 Å². The Morgan fingerprint density at radius 2 is 2.17 bits per heavy atom. The number of rotatable bonds is 3. The van der Waals surface area contributed by atoms with Gasteiger partial charge in [-0.15, -0.1) is 11.3 Å². The number of carbonyl (C=O) groups is 1. The molecule has 150 valence electrons. The second kappa shape index (κ2) is 6.84. The first-order valence-corrected chi connectivity index (χ1v) is 10.5. The van der Waals surface area contributed by atoms with Crippen LogP contribution in [-0.2, 0) is 6.42 Å². The van der Waals surface area contributed by atoms with E-state index >= 15 is 0 Å². The van der Waals surface area contributed by atoms with Gasteiger partial charge in [0.15, 0.2) is 10.8 Å². The van der Waals surface area contributed by atoms with Gasteiger partial charge in [-0.1, -0.05) is 6.07 Å². The molecule has 4 heterocycles. The average Bonchev–Trinajstić information content (AvgIpc) is 3.25. The Labute approximate surface area is 171 Å². The van der Waals surface area contributed by atoms with E-state index in [9.17, 15) is 4.79 Å².